The summed E-state index contributed by atoms with van der Waals surface area (Å²) in [5.41, 5.74) is 1.20. The third-order valence-electron chi connectivity index (χ3n) is 2.16. The fraction of sp³-hybridized carbons (Fsp3) is 0.273. The average Bonchev–Trinajstić information content (AvgIpc) is 2.19. The van der Waals surface area contributed by atoms with E-state index in [9.17, 15) is 9.59 Å². The van der Waals surface area contributed by atoms with Crippen LogP contribution in [0.1, 0.15) is 35.2 Å². The smallest absolute Gasteiger partial charge is 0.310 e. The van der Waals surface area contributed by atoms with Gasteiger partial charge < -0.3 is 5.11 Å². The summed E-state index contributed by atoms with van der Waals surface area (Å²) >= 11 is 0. The summed E-state index contributed by atoms with van der Waals surface area (Å²) in [4.78, 5) is 21.3. The first-order valence-electron chi connectivity index (χ1n) is 4.47. The maximum absolute atomic E-state index is 10.8. The molecular weight excluding hydrogens is 180 g/mol. The predicted octanol–water partition coefficient (Wildman–Crippen LogP) is 2.08. The van der Waals surface area contributed by atoms with Crippen molar-refractivity contribution < 1.29 is 14.7 Å². The maximum Gasteiger partial charge on any atom is 0.310 e. The highest BCUT2D eigenvalue weighted by molar-refractivity contribution is 5.79. The second-order valence-electron chi connectivity index (χ2n) is 3.09. The van der Waals surface area contributed by atoms with Gasteiger partial charge in [-0.1, -0.05) is 25.1 Å². The number of benzene rings is 1. The van der Waals surface area contributed by atoms with E-state index in [1.807, 2.05) is 6.92 Å². The molecule has 0 fully saturated rings. The van der Waals surface area contributed by atoms with Crippen LogP contribution in [0.3, 0.4) is 0 Å². The molecule has 0 saturated carbocycles. The number of carboxylic acids is 1. The Labute approximate surface area is 82.4 Å². The number of aliphatic carboxylic acids is 1. The number of hydrogen-bond acceptors (Lipinski definition) is 2. The van der Waals surface area contributed by atoms with Gasteiger partial charge >= 0.3 is 5.97 Å². The topological polar surface area (TPSA) is 54.4 Å². The van der Waals surface area contributed by atoms with Gasteiger partial charge in [0.05, 0.1) is 5.92 Å². The van der Waals surface area contributed by atoms with Gasteiger partial charge in [-0.25, -0.2) is 0 Å². The molecule has 0 spiro atoms. The molecule has 1 aromatic carbocycles. The molecule has 3 heteroatoms. The number of carbonyl (C=O) groups excluding carboxylic acids is 1. The first-order valence-corrected chi connectivity index (χ1v) is 4.47. The standard InChI is InChI=1S/C11H12O3/c1-2-10(11(13)14)9-5-3-4-8(6-9)7-12/h3-7,10H,2H2,1H3,(H,13,14). The highest BCUT2D eigenvalue weighted by Gasteiger charge is 2.17. The molecule has 1 N–H and O–H groups in total. The lowest BCUT2D eigenvalue weighted by molar-refractivity contribution is -0.138. The lowest BCUT2D eigenvalue weighted by Gasteiger charge is -2.09. The van der Waals surface area contributed by atoms with Crippen LogP contribution in [-0.2, 0) is 4.79 Å². The summed E-state index contributed by atoms with van der Waals surface area (Å²) in [6.45, 7) is 1.81. The fourth-order valence-corrected chi connectivity index (χ4v) is 1.40. The minimum atomic E-state index is -0.851. The molecule has 1 unspecified atom stereocenters. The van der Waals surface area contributed by atoms with Gasteiger partial charge in [-0.15, -0.1) is 0 Å². The molecule has 0 aliphatic carbocycles. The van der Waals surface area contributed by atoms with E-state index in [1.54, 1.807) is 24.3 Å². The van der Waals surface area contributed by atoms with Crippen LogP contribution in [0.2, 0.25) is 0 Å². The monoisotopic (exact) mass is 192 g/mol. The first-order chi connectivity index (χ1) is 6.69. The normalized spacial score (nSPS) is 12.1. The van der Waals surface area contributed by atoms with Crippen LogP contribution in [0.15, 0.2) is 24.3 Å². The van der Waals surface area contributed by atoms with Gasteiger partial charge in [-0.05, 0) is 18.1 Å². The van der Waals surface area contributed by atoms with Gasteiger partial charge in [-0.3, -0.25) is 9.59 Å². The zero-order valence-electron chi connectivity index (χ0n) is 7.93. The van der Waals surface area contributed by atoms with Crippen molar-refractivity contribution in [2.75, 3.05) is 0 Å². The highest BCUT2D eigenvalue weighted by Crippen LogP contribution is 2.20. The Morgan fingerprint density at radius 1 is 1.57 bits per heavy atom. The summed E-state index contributed by atoms with van der Waals surface area (Å²) in [6.07, 6.45) is 1.25. The van der Waals surface area contributed by atoms with E-state index in [-0.39, 0.29) is 0 Å². The highest BCUT2D eigenvalue weighted by atomic mass is 16.4. The zero-order chi connectivity index (χ0) is 10.6. The van der Waals surface area contributed by atoms with Crippen molar-refractivity contribution in [2.24, 2.45) is 0 Å². The van der Waals surface area contributed by atoms with Crippen LogP contribution < -0.4 is 0 Å². The summed E-state index contributed by atoms with van der Waals surface area (Å²) in [7, 11) is 0. The minimum absolute atomic E-state index is 0.516. The molecule has 0 heterocycles. The van der Waals surface area contributed by atoms with E-state index in [0.717, 1.165) is 6.29 Å². The second-order valence-corrected chi connectivity index (χ2v) is 3.09. The van der Waals surface area contributed by atoms with E-state index in [2.05, 4.69) is 0 Å². The van der Waals surface area contributed by atoms with E-state index in [4.69, 9.17) is 5.11 Å². The van der Waals surface area contributed by atoms with Gasteiger partial charge in [0.15, 0.2) is 0 Å². The molecule has 1 atom stereocenters. The minimum Gasteiger partial charge on any atom is -0.481 e. The molecule has 0 amide bonds. The largest absolute Gasteiger partial charge is 0.481 e. The average molecular weight is 192 g/mol. The van der Waals surface area contributed by atoms with Crippen molar-refractivity contribution in [3.63, 3.8) is 0 Å². The molecule has 0 saturated heterocycles. The van der Waals surface area contributed by atoms with Crippen molar-refractivity contribution in [1.82, 2.24) is 0 Å². The summed E-state index contributed by atoms with van der Waals surface area (Å²) in [5, 5.41) is 8.90. The summed E-state index contributed by atoms with van der Waals surface area (Å²) < 4.78 is 0. The summed E-state index contributed by atoms with van der Waals surface area (Å²) in [5.74, 6) is -1.37. The lowest BCUT2D eigenvalue weighted by atomic mass is 9.95. The molecule has 3 nitrogen and oxygen atoms in total. The van der Waals surface area contributed by atoms with Crippen molar-refractivity contribution in [3.8, 4) is 0 Å². The number of carboxylic acid groups (broad SMARTS) is 1. The Balaban J connectivity index is 3.03. The predicted molar refractivity (Wildman–Crippen MR) is 52.5 cm³/mol. The van der Waals surface area contributed by atoms with Gasteiger partial charge in [0.2, 0.25) is 0 Å². The first kappa shape index (κ1) is 10.4. The molecular formula is C11H12O3. The van der Waals surface area contributed by atoms with Gasteiger partial charge in [0, 0.05) is 5.56 Å². The molecule has 0 bridgehead atoms. The number of hydrogen-bond donors (Lipinski definition) is 1. The van der Waals surface area contributed by atoms with Crippen LogP contribution in [-0.4, -0.2) is 17.4 Å². The van der Waals surface area contributed by atoms with E-state index in [1.165, 1.54) is 0 Å². The molecule has 74 valence electrons. The van der Waals surface area contributed by atoms with Crippen molar-refractivity contribution in [3.05, 3.63) is 35.4 Å². The van der Waals surface area contributed by atoms with Crippen LogP contribution in [0.5, 0.6) is 0 Å². The lowest BCUT2D eigenvalue weighted by Crippen LogP contribution is -2.10. The Morgan fingerprint density at radius 3 is 2.79 bits per heavy atom. The van der Waals surface area contributed by atoms with Crippen molar-refractivity contribution in [2.45, 2.75) is 19.3 Å². The van der Waals surface area contributed by atoms with Gasteiger partial charge in [0.1, 0.15) is 6.29 Å². The van der Waals surface area contributed by atoms with Gasteiger partial charge in [-0.2, -0.15) is 0 Å². The van der Waals surface area contributed by atoms with E-state index in [0.29, 0.717) is 17.5 Å². The third kappa shape index (κ3) is 2.19. The number of aldehydes is 1. The van der Waals surface area contributed by atoms with Crippen LogP contribution in [0.25, 0.3) is 0 Å². The third-order valence-corrected chi connectivity index (χ3v) is 2.16. The Kier molecular flexibility index (Phi) is 3.40. The van der Waals surface area contributed by atoms with E-state index >= 15 is 0 Å². The van der Waals surface area contributed by atoms with Crippen molar-refractivity contribution >= 4 is 12.3 Å². The molecule has 0 aliphatic heterocycles. The molecule has 0 radical (unpaired) electrons. The fourth-order valence-electron chi connectivity index (χ4n) is 1.40. The quantitative estimate of drug-likeness (QED) is 0.743. The Bertz CT molecular complexity index is 344. The molecule has 1 aromatic rings. The SMILES string of the molecule is CCC(C(=O)O)c1cccc(C=O)c1. The van der Waals surface area contributed by atoms with Crippen LogP contribution in [0, 0.1) is 0 Å². The summed E-state index contributed by atoms with van der Waals surface area (Å²) in [6, 6.07) is 6.71. The van der Waals surface area contributed by atoms with Crippen LogP contribution in [0.4, 0.5) is 0 Å². The molecule has 0 aliphatic rings. The number of carbonyl (C=O) groups is 2. The molecule has 14 heavy (non-hydrogen) atoms. The molecule has 0 aromatic heterocycles. The Hall–Kier alpha value is -1.64. The number of rotatable bonds is 4. The second kappa shape index (κ2) is 4.56. The van der Waals surface area contributed by atoms with Crippen molar-refractivity contribution in [1.29, 1.82) is 0 Å². The zero-order valence-corrected chi connectivity index (χ0v) is 7.93. The van der Waals surface area contributed by atoms with Gasteiger partial charge in [0.25, 0.3) is 0 Å². The maximum atomic E-state index is 10.8. The Morgan fingerprint density at radius 2 is 2.29 bits per heavy atom. The van der Waals surface area contributed by atoms with Crippen LogP contribution >= 0.6 is 0 Å². The molecule has 1 rings (SSSR count). The van der Waals surface area contributed by atoms with E-state index < -0.39 is 11.9 Å².